The van der Waals surface area contributed by atoms with Gasteiger partial charge in [-0.05, 0) is 37.8 Å². The standard InChI is InChI=1S/C21H34N4O4S.HI/c1-16-6-7-18(20(11-16)29-15-17-8-10-28-14-17)12-23-21(22-2)24-13-19-5-4-9-25(19)30(3,26)27;/h6-7,11,17,19H,4-5,8-10,12-15H2,1-3H3,(H2,22,23,24);1H/t17?,19-;/m1./s1. The molecule has 2 aliphatic rings. The van der Waals surface area contributed by atoms with Crippen LogP contribution in [0.15, 0.2) is 23.2 Å². The van der Waals surface area contributed by atoms with E-state index in [1.165, 1.54) is 6.26 Å². The molecule has 2 saturated heterocycles. The molecule has 2 aliphatic heterocycles. The van der Waals surface area contributed by atoms with Crippen molar-refractivity contribution in [3.8, 4) is 5.75 Å². The highest BCUT2D eigenvalue weighted by Crippen LogP contribution is 2.23. The van der Waals surface area contributed by atoms with Gasteiger partial charge in [-0.1, -0.05) is 12.1 Å². The van der Waals surface area contributed by atoms with Crippen LogP contribution in [0.25, 0.3) is 0 Å². The van der Waals surface area contributed by atoms with E-state index in [-0.39, 0.29) is 30.0 Å². The van der Waals surface area contributed by atoms with Gasteiger partial charge < -0.3 is 20.1 Å². The van der Waals surface area contributed by atoms with Crippen LogP contribution in [0.3, 0.4) is 0 Å². The number of ether oxygens (including phenoxy) is 2. The quantitative estimate of drug-likeness (QED) is 0.285. The first kappa shape index (κ1) is 26.1. The highest BCUT2D eigenvalue weighted by molar-refractivity contribution is 14.0. The van der Waals surface area contributed by atoms with E-state index in [4.69, 9.17) is 9.47 Å². The third-order valence-corrected chi connectivity index (χ3v) is 6.98. The van der Waals surface area contributed by atoms with Crippen molar-refractivity contribution in [3.63, 3.8) is 0 Å². The lowest BCUT2D eigenvalue weighted by molar-refractivity contribution is 0.166. The van der Waals surface area contributed by atoms with E-state index >= 15 is 0 Å². The smallest absolute Gasteiger partial charge is 0.211 e. The van der Waals surface area contributed by atoms with Crippen molar-refractivity contribution in [1.82, 2.24) is 14.9 Å². The Labute approximate surface area is 203 Å². The molecular weight excluding hydrogens is 531 g/mol. The molecular formula is C21H35IN4O4S. The Morgan fingerprint density at radius 3 is 2.81 bits per heavy atom. The Morgan fingerprint density at radius 1 is 1.32 bits per heavy atom. The minimum atomic E-state index is -3.18. The van der Waals surface area contributed by atoms with E-state index < -0.39 is 10.0 Å². The highest BCUT2D eigenvalue weighted by atomic mass is 127. The molecule has 2 N–H and O–H groups in total. The van der Waals surface area contributed by atoms with E-state index in [0.29, 0.717) is 38.1 Å². The molecule has 1 aromatic rings. The molecule has 3 rings (SSSR count). The fourth-order valence-corrected chi connectivity index (χ4v) is 5.11. The summed E-state index contributed by atoms with van der Waals surface area (Å²) in [5, 5.41) is 6.58. The molecule has 0 saturated carbocycles. The molecule has 2 fully saturated rings. The van der Waals surface area contributed by atoms with Gasteiger partial charge in [0.05, 0.1) is 19.5 Å². The second kappa shape index (κ2) is 12.2. The summed E-state index contributed by atoms with van der Waals surface area (Å²) in [5.74, 6) is 1.97. The van der Waals surface area contributed by atoms with Gasteiger partial charge >= 0.3 is 0 Å². The lowest BCUT2D eigenvalue weighted by atomic mass is 10.1. The topological polar surface area (TPSA) is 92.3 Å². The van der Waals surface area contributed by atoms with Crippen molar-refractivity contribution in [3.05, 3.63) is 29.3 Å². The van der Waals surface area contributed by atoms with Gasteiger partial charge in [-0.2, -0.15) is 4.31 Å². The zero-order chi connectivity index (χ0) is 21.6. The Balaban J connectivity index is 0.00000341. The van der Waals surface area contributed by atoms with Gasteiger partial charge in [-0.3, -0.25) is 4.99 Å². The van der Waals surface area contributed by atoms with Crippen LogP contribution in [0.1, 0.15) is 30.4 Å². The van der Waals surface area contributed by atoms with Crippen molar-refractivity contribution < 1.29 is 17.9 Å². The first-order valence-corrected chi connectivity index (χ1v) is 12.4. The van der Waals surface area contributed by atoms with Gasteiger partial charge in [-0.25, -0.2) is 8.42 Å². The fourth-order valence-electron chi connectivity index (χ4n) is 3.93. The molecule has 0 aliphatic carbocycles. The highest BCUT2D eigenvalue weighted by Gasteiger charge is 2.31. The monoisotopic (exact) mass is 566 g/mol. The average molecular weight is 567 g/mol. The molecule has 0 radical (unpaired) electrons. The van der Waals surface area contributed by atoms with Crippen molar-refractivity contribution in [2.24, 2.45) is 10.9 Å². The van der Waals surface area contributed by atoms with Crippen LogP contribution in [0.4, 0.5) is 0 Å². The maximum absolute atomic E-state index is 11.9. The van der Waals surface area contributed by atoms with Crippen LogP contribution in [0.5, 0.6) is 5.75 Å². The second-order valence-electron chi connectivity index (χ2n) is 8.13. The molecule has 1 unspecified atom stereocenters. The summed E-state index contributed by atoms with van der Waals surface area (Å²) in [6.45, 7) is 5.98. The number of aryl methyl sites for hydroxylation is 1. The van der Waals surface area contributed by atoms with Gasteiger partial charge in [0.2, 0.25) is 10.0 Å². The number of hydrogen-bond donors (Lipinski definition) is 2. The van der Waals surface area contributed by atoms with Crippen LogP contribution < -0.4 is 15.4 Å². The van der Waals surface area contributed by atoms with Crippen LogP contribution in [0, 0.1) is 12.8 Å². The number of benzene rings is 1. The normalized spacial score (nSPS) is 22.2. The minimum Gasteiger partial charge on any atom is -0.493 e. The first-order chi connectivity index (χ1) is 14.4. The summed E-state index contributed by atoms with van der Waals surface area (Å²) < 4.78 is 37.0. The molecule has 31 heavy (non-hydrogen) atoms. The minimum absolute atomic E-state index is 0. The zero-order valence-electron chi connectivity index (χ0n) is 18.6. The van der Waals surface area contributed by atoms with Gasteiger partial charge in [0.1, 0.15) is 5.75 Å². The van der Waals surface area contributed by atoms with Crippen molar-refractivity contribution in [2.45, 2.75) is 38.8 Å². The molecule has 2 atom stereocenters. The van der Waals surface area contributed by atoms with Gasteiger partial charge in [0.15, 0.2) is 5.96 Å². The number of aliphatic imine (C=N–C) groups is 1. The predicted molar refractivity (Wildman–Crippen MR) is 134 cm³/mol. The predicted octanol–water partition coefficient (Wildman–Crippen LogP) is 2.12. The number of rotatable bonds is 8. The summed E-state index contributed by atoms with van der Waals surface area (Å²) in [6, 6.07) is 6.16. The third kappa shape index (κ3) is 7.76. The maximum Gasteiger partial charge on any atom is 0.211 e. The fraction of sp³-hybridized carbons (Fsp3) is 0.667. The Kier molecular flexibility index (Phi) is 10.3. The van der Waals surface area contributed by atoms with E-state index in [2.05, 4.69) is 40.7 Å². The molecule has 1 aromatic carbocycles. The molecule has 8 nitrogen and oxygen atoms in total. The van der Waals surface area contributed by atoms with Crippen molar-refractivity contribution in [1.29, 1.82) is 0 Å². The Hall–Kier alpha value is -1.11. The third-order valence-electron chi connectivity index (χ3n) is 5.65. The van der Waals surface area contributed by atoms with Crippen LogP contribution in [-0.2, 0) is 21.3 Å². The van der Waals surface area contributed by atoms with Gasteiger partial charge in [0.25, 0.3) is 0 Å². The van der Waals surface area contributed by atoms with Gasteiger partial charge in [-0.15, -0.1) is 24.0 Å². The number of halogens is 1. The molecule has 10 heteroatoms. The molecule has 2 heterocycles. The number of guanidine groups is 1. The number of sulfonamides is 1. The van der Waals surface area contributed by atoms with Crippen LogP contribution in [-0.4, -0.2) is 70.9 Å². The first-order valence-electron chi connectivity index (χ1n) is 10.6. The maximum atomic E-state index is 11.9. The summed E-state index contributed by atoms with van der Waals surface area (Å²) in [4.78, 5) is 4.28. The van der Waals surface area contributed by atoms with E-state index in [9.17, 15) is 8.42 Å². The summed E-state index contributed by atoms with van der Waals surface area (Å²) in [5.41, 5.74) is 2.21. The van der Waals surface area contributed by atoms with Gasteiger partial charge in [0, 0.05) is 50.8 Å². The number of nitrogens with zero attached hydrogens (tertiary/aromatic N) is 2. The molecule has 176 valence electrons. The zero-order valence-corrected chi connectivity index (χ0v) is 21.7. The number of nitrogens with one attached hydrogen (secondary N) is 2. The van der Waals surface area contributed by atoms with Crippen LogP contribution in [0.2, 0.25) is 0 Å². The molecule has 0 bridgehead atoms. The van der Waals surface area contributed by atoms with E-state index in [1.807, 2.05) is 0 Å². The Morgan fingerprint density at radius 2 is 2.13 bits per heavy atom. The van der Waals surface area contributed by atoms with Crippen molar-refractivity contribution >= 4 is 40.0 Å². The average Bonchev–Trinajstić information content (AvgIpc) is 3.39. The lowest BCUT2D eigenvalue weighted by Gasteiger charge is -2.23. The lowest BCUT2D eigenvalue weighted by Crippen LogP contribution is -2.46. The summed E-state index contributed by atoms with van der Waals surface area (Å²) in [6.07, 6.45) is 4.07. The SMILES string of the molecule is CN=C(NCc1ccc(C)cc1OCC1CCOC1)NC[C@H]1CCCN1S(C)(=O)=O.I. The summed E-state index contributed by atoms with van der Waals surface area (Å²) >= 11 is 0. The Bertz CT molecular complexity index is 844. The number of hydrogen-bond acceptors (Lipinski definition) is 5. The molecule has 0 amide bonds. The van der Waals surface area contributed by atoms with Crippen LogP contribution >= 0.6 is 24.0 Å². The summed E-state index contributed by atoms with van der Waals surface area (Å²) in [7, 11) is -1.46. The second-order valence-corrected chi connectivity index (χ2v) is 10.1. The molecule has 0 spiro atoms. The largest absolute Gasteiger partial charge is 0.493 e. The molecule has 0 aromatic heterocycles. The van der Waals surface area contributed by atoms with E-state index in [0.717, 1.165) is 49.4 Å². The van der Waals surface area contributed by atoms with E-state index in [1.54, 1.807) is 11.4 Å². The van der Waals surface area contributed by atoms with Crippen molar-refractivity contribution in [2.75, 3.05) is 46.2 Å².